The molecule has 1 aliphatic heterocycles. The van der Waals surface area contributed by atoms with Gasteiger partial charge in [-0.15, -0.1) is 0 Å². The van der Waals surface area contributed by atoms with Gasteiger partial charge in [0.2, 0.25) is 0 Å². The van der Waals surface area contributed by atoms with Gasteiger partial charge in [-0.05, 0) is 31.2 Å². The number of aryl methyl sites for hydroxylation is 1. The highest BCUT2D eigenvalue weighted by molar-refractivity contribution is 6.05. The third-order valence-corrected chi connectivity index (χ3v) is 4.42. The number of nitrogens with zero attached hydrogens (tertiary/aromatic N) is 2. The van der Waals surface area contributed by atoms with Gasteiger partial charge in [-0.25, -0.2) is 4.98 Å². The van der Waals surface area contributed by atoms with Crippen molar-refractivity contribution in [2.45, 2.75) is 13.5 Å². The van der Waals surface area contributed by atoms with E-state index in [0.717, 1.165) is 44.4 Å². The zero-order valence-electron chi connectivity index (χ0n) is 12.7. The minimum Gasteiger partial charge on any atom is -0.488 e. The van der Waals surface area contributed by atoms with Crippen LogP contribution >= 0.6 is 0 Å². The number of ether oxygens (including phenoxy) is 1. The minimum absolute atomic E-state index is 0.561. The summed E-state index contributed by atoms with van der Waals surface area (Å²) in [6.07, 6.45) is 1.86. The Morgan fingerprint density at radius 2 is 1.87 bits per heavy atom. The van der Waals surface area contributed by atoms with E-state index in [0.29, 0.717) is 6.61 Å². The third-order valence-electron chi connectivity index (χ3n) is 4.42. The second-order valence-electron chi connectivity index (χ2n) is 5.99. The Bertz CT molecular complexity index is 1090. The first kappa shape index (κ1) is 12.6. The Labute approximate surface area is 133 Å². The summed E-state index contributed by atoms with van der Waals surface area (Å²) in [7, 11) is 0. The van der Waals surface area contributed by atoms with Crippen LogP contribution in [0.2, 0.25) is 0 Å². The largest absolute Gasteiger partial charge is 0.488 e. The van der Waals surface area contributed by atoms with Crippen LogP contribution in [0, 0.1) is 6.92 Å². The van der Waals surface area contributed by atoms with E-state index in [-0.39, 0.29) is 0 Å². The molecule has 0 atom stereocenters. The molecule has 4 aromatic rings. The maximum Gasteiger partial charge on any atom is 0.129 e. The molecule has 3 heterocycles. The van der Waals surface area contributed by atoms with Gasteiger partial charge in [0, 0.05) is 21.9 Å². The number of hydrogen-bond donors (Lipinski definition) is 0. The van der Waals surface area contributed by atoms with Crippen LogP contribution in [0.4, 0.5) is 0 Å². The van der Waals surface area contributed by atoms with Gasteiger partial charge >= 0.3 is 0 Å². The monoisotopic (exact) mass is 298 g/mol. The van der Waals surface area contributed by atoms with Crippen molar-refractivity contribution in [3.05, 3.63) is 65.9 Å². The smallest absolute Gasteiger partial charge is 0.129 e. The fraction of sp³-hybridized carbons (Fsp3) is 0.100. The molecule has 0 aliphatic carbocycles. The molecule has 3 nitrogen and oxygen atoms in total. The summed E-state index contributed by atoms with van der Waals surface area (Å²) in [5.74, 6) is 0.906. The number of para-hydroxylation sites is 1. The summed E-state index contributed by atoms with van der Waals surface area (Å²) >= 11 is 0. The molecule has 2 aromatic heterocycles. The average Bonchev–Trinajstić information content (AvgIpc) is 2.60. The fourth-order valence-electron chi connectivity index (χ4n) is 3.28. The lowest BCUT2D eigenvalue weighted by atomic mass is 9.98. The zero-order chi connectivity index (χ0) is 15.4. The van der Waals surface area contributed by atoms with Gasteiger partial charge in [0.25, 0.3) is 0 Å². The lowest BCUT2D eigenvalue weighted by Crippen LogP contribution is -2.07. The molecule has 5 rings (SSSR count). The van der Waals surface area contributed by atoms with Crippen LogP contribution in [0.25, 0.3) is 33.1 Å². The van der Waals surface area contributed by atoms with Crippen LogP contribution in [0.15, 0.2) is 54.7 Å². The lowest BCUT2D eigenvalue weighted by molar-refractivity contribution is 0.301. The topological polar surface area (TPSA) is 35.0 Å². The number of fused-ring (bicyclic) bond motifs is 6. The first-order chi connectivity index (χ1) is 11.3. The highest BCUT2D eigenvalue weighted by Crippen LogP contribution is 2.38. The number of benzene rings is 2. The number of pyridine rings is 2. The highest BCUT2D eigenvalue weighted by Gasteiger charge is 2.20. The molecule has 23 heavy (non-hydrogen) atoms. The molecule has 2 aromatic carbocycles. The van der Waals surface area contributed by atoms with E-state index in [1.54, 1.807) is 0 Å². The Morgan fingerprint density at radius 1 is 0.957 bits per heavy atom. The van der Waals surface area contributed by atoms with E-state index in [4.69, 9.17) is 9.72 Å². The molecule has 1 aliphatic rings. The van der Waals surface area contributed by atoms with Gasteiger partial charge < -0.3 is 4.74 Å². The van der Waals surface area contributed by atoms with Crippen LogP contribution in [-0.2, 0) is 6.61 Å². The third kappa shape index (κ3) is 1.83. The second-order valence-corrected chi connectivity index (χ2v) is 5.99. The van der Waals surface area contributed by atoms with Crippen molar-refractivity contribution < 1.29 is 4.74 Å². The maximum atomic E-state index is 5.91. The molecule has 0 saturated heterocycles. The molecule has 0 radical (unpaired) electrons. The lowest BCUT2D eigenvalue weighted by Gasteiger charge is -2.21. The predicted molar refractivity (Wildman–Crippen MR) is 91.5 cm³/mol. The van der Waals surface area contributed by atoms with Crippen LogP contribution in [-0.4, -0.2) is 9.97 Å². The van der Waals surface area contributed by atoms with E-state index in [2.05, 4.69) is 36.2 Å². The van der Waals surface area contributed by atoms with Gasteiger partial charge in [0.05, 0.1) is 22.9 Å². The van der Waals surface area contributed by atoms with E-state index in [1.165, 1.54) is 5.56 Å². The molecule has 0 bridgehead atoms. The van der Waals surface area contributed by atoms with E-state index in [1.807, 2.05) is 30.5 Å². The molecule has 0 saturated carbocycles. The van der Waals surface area contributed by atoms with Crippen molar-refractivity contribution >= 4 is 21.8 Å². The first-order valence-corrected chi connectivity index (χ1v) is 7.71. The SMILES string of the molecule is Cc1ccc2c(c1)-c1nc3cnc4ccccc4c3cc1CO2. The molecule has 3 heteroatoms. The van der Waals surface area contributed by atoms with Crippen molar-refractivity contribution in [3.8, 4) is 17.0 Å². The van der Waals surface area contributed by atoms with E-state index in [9.17, 15) is 0 Å². The van der Waals surface area contributed by atoms with Crippen molar-refractivity contribution in [2.24, 2.45) is 0 Å². The number of hydrogen-bond acceptors (Lipinski definition) is 3. The Morgan fingerprint density at radius 3 is 2.83 bits per heavy atom. The second kappa shape index (κ2) is 4.53. The van der Waals surface area contributed by atoms with Crippen LogP contribution in [0.1, 0.15) is 11.1 Å². The molecular weight excluding hydrogens is 284 g/mol. The summed E-state index contributed by atoms with van der Waals surface area (Å²) in [4.78, 5) is 9.44. The first-order valence-electron chi connectivity index (χ1n) is 7.71. The summed E-state index contributed by atoms with van der Waals surface area (Å²) in [5, 5.41) is 2.27. The minimum atomic E-state index is 0.561. The summed E-state index contributed by atoms with van der Waals surface area (Å²) in [6, 6.07) is 16.6. The Kier molecular flexibility index (Phi) is 2.48. The van der Waals surface area contributed by atoms with Gasteiger partial charge in [-0.1, -0.05) is 29.8 Å². The van der Waals surface area contributed by atoms with Gasteiger partial charge in [-0.2, -0.15) is 0 Å². The summed E-state index contributed by atoms with van der Waals surface area (Å²) < 4.78 is 5.91. The quantitative estimate of drug-likeness (QED) is 0.443. The Balaban J connectivity index is 1.86. The van der Waals surface area contributed by atoms with Gasteiger partial charge in [-0.3, -0.25) is 4.98 Å². The number of aromatic nitrogens is 2. The van der Waals surface area contributed by atoms with E-state index < -0.39 is 0 Å². The van der Waals surface area contributed by atoms with Gasteiger partial charge in [0.15, 0.2) is 0 Å². The molecule has 110 valence electrons. The molecule has 0 amide bonds. The van der Waals surface area contributed by atoms with Crippen molar-refractivity contribution in [1.29, 1.82) is 0 Å². The standard InChI is InChI=1S/C20H14N2O/c1-12-6-7-19-16(8-12)20-13(11-23-19)9-15-14-4-2-3-5-17(14)21-10-18(15)22-20/h2-10H,11H2,1H3. The molecule has 0 unspecified atom stereocenters. The van der Waals surface area contributed by atoms with E-state index >= 15 is 0 Å². The predicted octanol–water partition coefficient (Wildman–Crippen LogP) is 4.65. The summed E-state index contributed by atoms with van der Waals surface area (Å²) in [5.41, 5.74) is 6.35. The normalized spacial score (nSPS) is 12.7. The van der Waals surface area contributed by atoms with Gasteiger partial charge in [0.1, 0.15) is 12.4 Å². The van der Waals surface area contributed by atoms with Crippen LogP contribution in [0.3, 0.4) is 0 Å². The van der Waals surface area contributed by atoms with Crippen molar-refractivity contribution in [1.82, 2.24) is 9.97 Å². The molecule has 0 spiro atoms. The summed E-state index contributed by atoms with van der Waals surface area (Å²) in [6.45, 7) is 2.65. The molecule has 0 fully saturated rings. The Hall–Kier alpha value is -2.94. The van der Waals surface area contributed by atoms with Crippen LogP contribution in [0.5, 0.6) is 5.75 Å². The number of rotatable bonds is 0. The highest BCUT2D eigenvalue weighted by atomic mass is 16.5. The van der Waals surface area contributed by atoms with Crippen molar-refractivity contribution in [3.63, 3.8) is 0 Å². The van der Waals surface area contributed by atoms with Crippen molar-refractivity contribution in [2.75, 3.05) is 0 Å². The van der Waals surface area contributed by atoms with Crippen LogP contribution < -0.4 is 4.74 Å². The molecular formula is C20H14N2O. The zero-order valence-corrected chi connectivity index (χ0v) is 12.7. The fourth-order valence-corrected chi connectivity index (χ4v) is 3.28. The maximum absolute atomic E-state index is 5.91. The average molecular weight is 298 g/mol. The molecule has 0 N–H and O–H groups in total.